The molecule has 14 heavy (non-hydrogen) atoms. The number of hydrogen-bond acceptors (Lipinski definition) is 0. The molecule has 0 radical (unpaired) electrons. The first kappa shape index (κ1) is 14.0. The summed E-state index contributed by atoms with van der Waals surface area (Å²) in [6, 6.07) is 0. The zero-order valence-electron chi connectivity index (χ0n) is 10.8. The van der Waals surface area contributed by atoms with E-state index in [0.717, 1.165) is 11.8 Å². The van der Waals surface area contributed by atoms with Crippen molar-refractivity contribution in [2.75, 3.05) is 0 Å². The highest BCUT2D eigenvalue weighted by atomic mass is 14.1. The van der Waals surface area contributed by atoms with Crippen molar-refractivity contribution >= 4 is 0 Å². The van der Waals surface area contributed by atoms with Gasteiger partial charge in [0.1, 0.15) is 0 Å². The van der Waals surface area contributed by atoms with E-state index in [1.54, 1.807) is 0 Å². The van der Waals surface area contributed by atoms with Gasteiger partial charge in [-0.3, -0.25) is 0 Å². The molecule has 0 nitrogen and oxygen atoms in total. The van der Waals surface area contributed by atoms with Gasteiger partial charge in [0, 0.05) is 0 Å². The van der Waals surface area contributed by atoms with Crippen LogP contribution in [0.2, 0.25) is 0 Å². The summed E-state index contributed by atoms with van der Waals surface area (Å²) in [5.74, 6) is 1.98. The molecule has 1 fully saturated rings. The molecule has 0 heterocycles. The van der Waals surface area contributed by atoms with E-state index in [4.69, 9.17) is 0 Å². The van der Waals surface area contributed by atoms with E-state index in [0.29, 0.717) is 0 Å². The van der Waals surface area contributed by atoms with Crippen LogP contribution in [0.3, 0.4) is 0 Å². The molecule has 0 bridgehead atoms. The molecule has 1 atom stereocenters. The molecule has 0 heteroatoms. The molecule has 1 unspecified atom stereocenters. The van der Waals surface area contributed by atoms with Crippen molar-refractivity contribution in [2.45, 2.75) is 79.1 Å². The molecule has 0 spiro atoms. The maximum Gasteiger partial charge on any atom is -0.0443 e. The zero-order valence-corrected chi connectivity index (χ0v) is 10.8. The predicted molar refractivity (Wildman–Crippen MR) is 66.6 cm³/mol. The van der Waals surface area contributed by atoms with Gasteiger partial charge in [0.25, 0.3) is 0 Å². The first-order valence-electron chi connectivity index (χ1n) is 6.70. The molecule has 0 aromatic rings. The van der Waals surface area contributed by atoms with E-state index in [9.17, 15) is 0 Å². The van der Waals surface area contributed by atoms with Gasteiger partial charge in [0.2, 0.25) is 0 Å². The summed E-state index contributed by atoms with van der Waals surface area (Å²) in [4.78, 5) is 0. The van der Waals surface area contributed by atoms with Gasteiger partial charge in [-0.2, -0.15) is 0 Å². The van der Waals surface area contributed by atoms with Crippen LogP contribution in [0.4, 0.5) is 0 Å². The third kappa shape index (κ3) is 8.59. The van der Waals surface area contributed by atoms with Gasteiger partial charge >= 0.3 is 0 Å². The molecular formula is C14H30. The van der Waals surface area contributed by atoms with Crippen LogP contribution >= 0.6 is 0 Å². The fourth-order valence-corrected chi connectivity index (χ4v) is 2.00. The summed E-state index contributed by atoms with van der Waals surface area (Å²) in [6.45, 7) is 9.16. The molecule has 0 saturated heterocycles. The van der Waals surface area contributed by atoms with Crippen LogP contribution in [-0.2, 0) is 0 Å². The molecule has 0 aromatic carbocycles. The molecule has 86 valence electrons. The third-order valence-electron chi connectivity index (χ3n) is 3.37. The Bertz CT molecular complexity index is 97.9. The van der Waals surface area contributed by atoms with Crippen molar-refractivity contribution in [3.63, 3.8) is 0 Å². The Kier molecular flexibility index (Phi) is 9.55. The Morgan fingerprint density at radius 3 is 1.86 bits per heavy atom. The lowest BCUT2D eigenvalue weighted by Crippen LogP contribution is -1.99. The highest BCUT2D eigenvalue weighted by Gasteiger charge is 2.05. The lowest BCUT2D eigenvalue weighted by molar-refractivity contribution is 0.385. The van der Waals surface area contributed by atoms with Gasteiger partial charge in [-0.1, -0.05) is 79.1 Å². The Morgan fingerprint density at radius 2 is 1.64 bits per heavy atom. The molecule has 0 amide bonds. The highest BCUT2D eigenvalue weighted by molar-refractivity contribution is 4.59. The topological polar surface area (TPSA) is 0 Å². The first-order chi connectivity index (χ1) is 6.70. The molecule has 0 aliphatic heterocycles. The van der Waals surface area contributed by atoms with Crippen molar-refractivity contribution in [1.29, 1.82) is 0 Å². The fraction of sp³-hybridized carbons (Fsp3) is 1.00. The van der Waals surface area contributed by atoms with Crippen molar-refractivity contribution in [3.05, 3.63) is 0 Å². The number of rotatable bonds is 3. The summed E-state index contributed by atoms with van der Waals surface area (Å²) in [5, 5.41) is 0. The van der Waals surface area contributed by atoms with Crippen LogP contribution in [0, 0.1) is 11.8 Å². The average Bonchev–Trinajstić information content (AvgIpc) is 2.20. The SMILES string of the molecule is CC1CCCCC1.CCCC(C)CC. The summed E-state index contributed by atoms with van der Waals surface area (Å²) in [5.41, 5.74) is 0. The van der Waals surface area contributed by atoms with Gasteiger partial charge in [0.15, 0.2) is 0 Å². The van der Waals surface area contributed by atoms with E-state index in [1.807, 2.05) is 0 Å². The standard InChI is InChI=1S/C7H14.C7H16/c1-7-5-3-2-4-6-7;1-4-6-7(3)5-2/h7H,2-6H2,1H3;7H,4-6H2,1-3H3. The molecule has 1 aliphatic rings. The Hall–Kier alpha value is 0. The second-order valence-electron chi connectivity index (χ2n) is 5.05. The summed E-state index contributed by atoms with van der Waals surface area (Å²) in [7, 11) is 0. The molecule has 0 N–H and O–H groups in total. The van der Waals surface area contributed by atoms with Crippen molar-refractivity contribution < 1.29 is 0 Å². The minimum atomic E-state index is 0.949. The molecule has 1 rings (SSSR count). The molecule has 1 aliphatic carbocycles. The predicted octanol–water partition coefficient (Wildman–Crippen LogP) is 5.42. The zero-order chi connectivity index (χ0) is 10.8. The second kappa shape index (κ2) is 9.55. The van der Waals surface area contributed by atoms with E-state index >= 15 is 0 Å². The monoisotopic (exact) mass is 198 g/mol. The normalized spacial score (nSPS) is 19.7. The maximum atomic E-state index is 2.36. The van der Waals surface area contributed by atoms with Gasteiger partial charge in [-0.15, -0.1) is 0 Å². The van der Waals surface area contributed by atoms with Crippen LogP contribution in [-0.4, -0.2) is 0 Å². The van der Waals surface area contributed by atoms with Crippen LogP contribution < -0.4 is 0 Å². The van der Waals surface area contributed by atoms with Crippen molar-refractivity contribution in [3.8, 4) is 0 Å². The molecule has 1 saturated carbocycles. The second-order valence-corrected chi connectivity index (χ2v) is 5.05. The van der Waals surface area contributed by atoms with Crippen molar-refractivity contribution in [1.82, 2.24) is 0 Å². The minimum Gasteiger partial charge on any atom is -0.0654 e. The summed E-state index contributed by atoms with van der Waals surface area (Å²) >= 11 is 0. The lowest BCUT2D eigenvalue weighted by atomic mass is 9.91. The number of hydrogen-bond donors (Lipinski definition) is 0. The summed E-state index contributed by atoms with van der Waals surface area (Å²) < 4.78 is 0. The minimum absolute atomic E-state index is 0.949. The Labute approximate surface area is 91.5 Å². The Morgan fingerprint density at radius 1 is 1.07 bits per heavy atom. The Balaban J connectivity index is 0.000000241. The van der Waals surface area contributed by atoms with Crippen LogP contribution in [0.15, 0.2) is 0 Å². The van der Waals surface area contributed by atoms with E-state index < -0.39 is 0 Å². The molecular weight excluding hydrogens is 168 g/mol. The van der Waals surface area contributed by atoms with E-state index in [-0.39, 0.29) is 0 Å². The van der Waals surface area contributed by atoms with E-state index in [1.165, 1.54) is 51.4 Å². The summed E-state index contributed by atoms with van der Waals surface area (Å²) in [6.07, 6.45) is 11.5. The van der Waals surface area contributed by atoms with Crippen LogP contribution in [0.25, 0.3) is 0 Å². The maximum absolute atomic E-state index is 2.36. The third-order valence-corrected chi connectivity index (χ3v) is 3.37. The lowest BCUT2D eigenvalue weighted by Gasteiger charge is -2.15. The van der Waals surface area contributed by atoms with Crippen molar-refractivity contribution in [2.24, 2.45) is 11.8 Å². The molecule has 0 aromatic heterocycles. The van der Waals surface area contributed by atoms with Crippen LogP contribution in [0.5, 0.6) is 0 Å². The first-order valence-corrected chi connectivity index (χ1v) is 6.70. The van der Waals surface area contributed by atoms with E-state index in [2.05, 4.69) is 27.7 Å². The quantitative estimate of drug-likeness (QED) is 0.568. The van der Waals surface area contributed by atoms with Gasteiger partial charge < -0.3 is 0 Å². The van der Waals surface area contributed by atoms with Gasteiger partial charge in [-0.05, 0) is 11.8 Å². The fourth-order valence-electron chi connectivity index (χ4n) is 2.00. The highest BCUT2D eigenvalue weighted by Crippen LogP contribution is 2.22. The van der Waals surface area contributed by atoms with Gasteiger partial charge in [0.05, 0.1) is 0 Å². The van der Waals surface area contributed by atoms with Gasteiger partial charge in [-0.25, -0.2) is 0 Å². The van der Waals surface area contributed by atoms with Crippen LogP contribution in [0.1, 0.15) is 79.1 Å². The average molecular weight is 198 g/mol. The smallest absolute Gasteiger partial charge is 0.0443 e. The largest absolute Gasteiger partial charge is 0.0654 e.